The second-order valence-electron chi connectivity index (χ2n) is 2.87. The number of aryl methyl sites for hydroxylation is 1. The molecule has 0 atom stereocenters. The van der Waals surface area contributed by atoms with Gasteiger partial charge in [0.2, 0.25) is 0 Å². The van der Waals surface area contributed by atoms with Gasteiger partial charge in [-0.05, 0) is 26.0 Å². The minimum atomic E-state index is 0.826. The molecule has 1 aromatic rings. The predicted octanol–water partition coefficient (Wildman–Crippen LogP) is 0.376. The summed E-state index contributed by atoms with van der Waals surface area (Å²) in [7, 11) is 0. The topological polar surface area (TPSA) is 41.8 Å². The molecule has 0 aliphatic heterocycles. The maximum absolute atomic E-state index is 5.70. The van der Waals surface area contributed by atoms with E-state index in [-0.39, 0.29) is 0 Å². The molecule has 0 amide bonds. The summed E-state index contributed by atoms with van der Waals surface area (Å²) in [6, 6.07) is 2.03. The Morgan fingerprint density at radius 3 is 2.83 bits per heavy atom. The summed E-state index contributed by atoms with van der Waals surface area (Å²) in [6.07, 6.45) is 3.66. The second-order valence-corrected chi connectivity index (χ2v) is 2.87. The first-order valence-electron chi connectivity index (χ1n) is 3.90. The van der Waals surface area contributed by atoms with Gasteiger partial charge in [0.25, 0.3) is 0 Å². The molecule has 1 heterocycles. The van der Waals surface area contributed by atoms with Crippen LogP contribution in [-0.2, 0) is 0 Å². The Balaban J connectivity index is 3.60. The van der Waals surface area contributed by atoms with Crippen LogP contribution in [0.25, 0.3) is 11.8 Å². The largest absolute Gasteiger partial charge is 0.402 e. The Morgan fingerprint density at radius 2 is 2.33 bits per heavy atom. The Bertz CT molecular complexity index is 392. The molecule has 1 rings (SSSR count). The molecular formula is C10H14N2. The minimum absolute atomic E-state index is 0.826. The molecule has 0 saturated heterocycles. The van der Waals surface area contributed by atoms with Gasteiger partial charge in [-0.15, -0.1) is 0 Å². The Kier molecular flexibility index (Phi) is 2.38. The fourth-order valence-corrected chi connectivity index (χ4v) is 1.19. The van der Waals surface area contributed by atoms with Gasteiger partial charge < -0.3 is 10.7 Å². The lowest BCUT2D eigenvalue weighted by Gasteiger charge is -1.84. The van der Waals surface area contributed by atoms with Crippen LogP contribution in [0.4, 0.5) is 0 Å². The van der Waals surface area contributed by atoms with Crippen molar-refractivity contribution in [3.8, 4) is 0 Å². The normalized spacial score (nSPS) is 14.7. The van der Waals surface area contributed by atoms with Crippen molar-refractivity contribution in [1.82, 2.24) is 4.98 Å². The standard InChI is InChI=1S/C10H14N2/c1-4-5-10-9(8(3)11)6-7(2)12-10/h4-6,12H,1,11H2,2-3H3/b9-8+,10-5+. The number of H-pyrrole nitrogens is 1. The maximum Gasteiger partial charge on any atom is 0.0473 e. The molecule has 3 N–H and O–H groups in total. The van der Waals surface area contributed by atoms with E-state index in [9.17, 15) is 0 Å². The van der Waals surface area contributed by atoms with Gasteiger partial charge in [0, 0.05) is 22.0 Å². The second kappa shape index (κ2) is 3.30. The molecule has 0 saturated carbocycles. The van der Waals surface area contributed by atoms with Crippen LogP contribution in [0, 0.1) is 6.92 Å². The highest BCUT2D eigenvalue weighted by Gasteiger charge is 1.91. The molecule has 64 valence electrons. The van der Waals surface area contributed by atoms with E-state index >= 15 is 0 Å². The highest BCUT2D eigenvalue weighted by molar-refractivity contribution is 5.42. The molecular weight excluding hydrogens is 148 g/mol. The fraction of sp³-hybridized carbons (Fsp3) is 0.200. The lowest BCUT2D eigenvalue weighted by Crippen LogP contribution is -2.26. The summed E-state index contributed by atoms with van der Waals surface area (Å²) in [6.45, 7) is 7.54. The fourth-order valence-electron chi connectivity index (χ4n) is 1.19. The van der Waals surface area contributed by atoms with E-state index in [1.165, 1.54) is 0 Å². The minimum Gasteiger partial charge on any atom is -0.402 e. The van der Waals surface area contributed by atoms with Crippen LogP contribution >= 0.6 is 0 Å². The number of hydrogen-bond acceptors (Lipinski definition) is 1. The summed E-state index contributed by atoms with van der Waals surface area (Å²) in [5.41, 5.74) is 7.64. The summed E-state index contributed by atoms with van der Waals surface area (Å²) >= 11 is 0. The molecule has 2 heteroatoms. The van der Waals surface area contributed by atoms with Gasteiger partial charge in [0.05, 0.1) is 0 Å². The van der Waals surface area contributed by atoms with Gasteiger partial charge in [-0.25, -0.2) is 0 Å². The van der Waals surface area contributed by atoms with E-state index in [4.69, 9.17) is 5.73 Å². The number of allylic oxidation sites excluding steroid dienone is 1. The van der Waals surface area contributed by atoms with E-state index < -0.39 is 0 Å². The predicted molar refractivity (Wildman–Crippen MR) is 52.7 cm³/mol. The van der Waals surface area contributed by atoms with Crippen molar-refractivity contribution in [3.63, 3.8) is 0 Å². The van der Waals surface area contributed by atoms with Crippen LogP contribution in [0.3, 0.4) is 0 Å². The number of nitrogens with two attached hydrogens (primary N) is 1. The average Bonchev–Trinajstić information content (AvgIpc) is 2.32. The van der Waals surface area contributed by atoms with Crippen molar-refractivity contribution in [2.45, 2.75) is 13.8 Å². The van der Waals surface area contributed by atoms with Crippen molar-refractivity contribution in [2.75, 3.05) is 0 Å². The van der Waals surface area contributed by atoms with Crippen LogP contribution in [0.2, 0.25) is 0 Å². The quantitative estimate of drug-likeness (QED) is 0.615. The molecule has 0 radical (unpaired) electrons. The number of hydrogen-bond donors (Lipinski definition) is 2. The molecule has 0 fully saturated rings. The lowest BCUT2D eigenvalue weighted by molar-refractivity contribution is 1.22. The van der Waals surface area contributed by atoms with E-state index in [2.05, 4.69) is 11.6 Å². The summed E-state index contributed by atoms with van der Waals surface area (Å²) < 4.78 is 0. The molecule has 0 spiro atoms. The first-order valence-corrected chi connectivity index (χ1v) is 3.90. The van der Waals surface area contributed by atoms with Crippen LogP contribution in [0.1, 0.15) is 12.6 Å². The summed E-state index contributed by atoms with van der Waals surface area (Å²) in [5, 5.41) is 2.09. The first-order chi connectivity index (χ1) is 5.65. The third kappa shape index (κ3) is 1.59. The van der Waals surface area contributed by atoms with Gasteiger partial charge in [0.15, 0.2) is 0 Å². The SMILES string of the molecule is C=C/C=c1/[nH]c(C)c/c1=C(/C)N. The molecule has 12 heavy (non-hydrogen) atoms. The molecule has 0 aromatic carbocycles. The van der Waals surface area contributed by atoms with Crippen molar-refractivity contribution >= 4 is 11.8 Å². The molecule has 0 unspecified atom stereocenters. The summed E-state index contributed by atoms with van der Waals surface area (Å²) in [5.74, 6) is 0. The number of aromatic amines is 1. The van der Waals surface area contributed by atoms with Crippen LogP contribution < -0.4 is 16.3 Å². The summed E-state index contributed by atoms with van der Waals surface area (Å²) in [4.78, 5) is 3.20. The van der Waals surface area contributed by atoms with Gasteiger partial charge in [-0.2, -0.15) is 0 Å². The van der Waals surface area contributed by atoms with Crippen molar-refractivity contribution in [3.05, 3.63) is 35.0 Å². The van der Waals surface area contributed by atoms with Crippen molar-refractivity contribution in [2.24, 2.45) is 5.73 Å². The van der Waals surface area contributed by atoms with Gasteiger partial charge in [0.1, 0.15) is 0 Å². The number of rotatable bonds is 1. The smallest absolute Gasteiger partial charge is 0.0473 e. The lowest BCUT2D eigenvalue weighted by atomic mass is 10.3. The van der Waals surface area contributed by atoms with E-state index in [0.717, 1.165) is 22.0 Å². The number of nitrogens with one attached hydrogen (secondary N) is 1. The van der Waals surface area contributed by atoms with Crippen molar-refractivity contribution < 1.29 is 0 Å². The maximum atomic E-state index is 5.70. The van der Waals surface area contributed by atoms with Crippen LogP contribution in [0.15, 0.2) is 18.7 Å². The van der Waals surface area contributed by atoms with Crippen molar-refractivity contribution in [1.29, 1.82) is 0 Å². The third-order valence-electron chi connectivity index (χ3n) is 1.69. The zero-order valence-corrected chi connectivity index (χ0v) is 7.52. The molecule has 0 aliphatic rings. The zero-order valence-electron chi connectivity index (χ0n) is 7.52. The third-order valence-corrected chi connectivity index (χ3v) is 1.69. The van der Waals surface area contributed by atoms with Crippen LogP contribution in [0.5, 0.6) is 0 Å². The average molecular weight is 162 g/mol. The highest BCUT2D eigenvalue weighted by atomic mass is 14.7. The van der Waals surface area contributed by atoms with Gasteiger partial charge in [-0.3, -0.25) is 0 Å². The van der Waals surface area contributed by atoms with E-state index in [0.29, 0.717) is 0 Å². The highest BCUT2D eigenvalue weighted by Crippen LogP contribution is 1.81. The Morgan fingerprint density at radius 1 is 1.67 bits per heavy atom. The van der Waals surface area contributed by atoms with Gasteiger partial charge >= 0.3 is 0 Å². The van der Waals surface area contributed by atoms with Gasteiger partial charge in [-0.1, -0.05) is 12.7 Å². The molecule has 1 aromatic heterocycles. The first kappa shape index (κ1) is 8.65. The Labute approximate surface area is 72.1 Å². The van der Waals surface area contributed by atoms with Crippen LogP contribution in [-0.4, -0.2) is 4.98 Å². The monoisotopic (exact) mass is 162 g/mol. The molecule has 2 nitrogen and oxygen atoms in total. The van der Waals surface area contributed by atoms with E-state index in [1.807, 2.05) is 26.0 Å². The number of aromatic nitrogens is 1. The molecule has 0 bridgehead atoms. The van der Waals surface area contributed by atoms with E-state index in [1.54, 1.807) is 6.08 Å². The Hall–Kier alpha value is -1.44. The molecule has 0 aliphatic carbocycles. The zero-order chi connectivity index (χ0) is 9.14.